The van der Waals surface area contributed by atoms with Gasteiger partial charge in [0.1, 0.15) is 12.6 Å². The number of carboxylic acid groups (broad SMARTS) is 1. The molecular weight excluding hydrogens is 881 g/mol. The molecule has 18 heteroatoms. The first kappa shape index (κ1) is 44.9. The Bertz CT molecular complexity index is 2200. The van der Waals surface area contributed by atoms with Crippen LogP contribution in [0.15, 0.2) is 53.4 Å². The van der Waals surface area contributed by atoms with Crippen molar-refractivity contribution < 1.29 is 63.1 Å². The number of halogens is 2. The quantitative estimate of drug-likeness (QED) is 0.128. The van der Waals surface area contributed by atoms with E-state index in [9.17, 15) is 49.2 Å². The highest BCUT2D eigenvalue weighted by Gasteiger charge is 2.79. The smallest absolute Gasteiger partial charge is 0.303 e. The van der Waals surface area contributed by atoms with E-state index < -0.39 is 114 Å². The van der Waals surface area contributed by atoms with Gasteiger partial charge in [-0.2, -0.15) is 0 Å². The molecule has 61 heavy (non-hydrogen) atoms. The van der Waals surface area contributed by atoms with E-state index in [1.807, 2.05) is 18.4 Å². The molecule has 0 spiro atoms. The van der Waals surface area contributed by atoms with Crippen molar-refractivity contribution in [2.75, 3.05) is 23.8 Å². The summed E-state index contributed by atoms with van der Waals surface area (Å²) in [7, 11) is 0. The van der Waals surface area contributed by atoms with Crippen molar-refractivity contribution in [2.45, 2.75) is 101 Å². The third-order valence-corrected chi connectivity index (χ3v) is 15.2. The van der Waals surface area contributed by atoms with Crippen LogP contribution in [-0.2, 0) is 51.3 Å². The number of rotatable bonds is 15. The molecule has 4 aliphatic carbocycles. The maximum Gasteiger partial charge on any atom is 0.303 e. The van der Waals surface area contributed by atoms with Crippen molar-refractivity contribution in [1.82, 2.24) is 10.6 Å². The number of aliphatic hydroxyl groups is 3. The molecule has 0 radical (unpaired) electrons. The summed E-state index contributed by atoms with van der Waals surface area (Å²) < 4.78 is 31.0. The lowest BCUT2D eigenvalue weighted by atomic mass is 9.44. The topological polar surface area (TPSA) is 238 Å². The van der Waals surface area contributed by atoms with Gasteiger partial charge in [0.05, 0.1) is 30.7 Å². The number of aliphatic carboxylic acids is 1. The fourth-order valence-electron chi connectivity index (χ4n) is 10.8. The van der Waals surface area contributed by atoms with E-state index in [0.29, 0.717) is 36.0 Å². The third kappa shape index (κ3) is 7.71. The number of hydrogen-bond acceptors (Lipinski definition) is 12. The Balaban J connectivity index is 1.08. The number of carbonyl (C=O) groups is 6. The van der Waals surface area contributed by atoms with Crippen LogP contribution in [-0.4, -0.2) is 104 Å². The van der Waals surface area contributed by atoms with Crippen LogP contribution in [0.2, 0.25) is 0 Å². The number of Topliss-reactive ketones (excluding diaryl/α,β-unsaturated/α-hetero) is 1. The zero-order valence-electron chi connectivity index (χ0n) is 33.6. The SMILES string of the molecule is C[C@]12C=CC(=O)C=C1CC[C@H]1[C@@H]3C[C@H]4O[C@@H](c5csc(Cc6ccc(CO)c(NC(=O)[C@H](CCC(=O)O)NC(=O)CNC(=O)CBr)c6)c5)O[C@@]4(C(=O)CO)[C@@]3(C)C[C@H](O)[C@@]12F. The molecule has 15 nitrogen and oxygen atoms in total. The van der Waals surface area contributed by atoms with Crippen LogP contribution >= 0.6 is 27.3 Å². The van der Waals surface area contributed by atoms with Gasteiger partial charge in [0, 0.05) is 51.3 Å². The average Bonchev–Trinajstić information content (AvgIpc) is 3.92. The van der Waals surface area contributed by atoms with Gasteiger partial charge in [-0.05, 0) is 80.2 Å². The highest BCUT2D eigenvalue weighted by molar-refractivity contribution is 9.09. The molecule has 328 valence electrons. The van der Waals surface area contributed by atoms with Crippen LogP contribution in [0, 0.1) is 22.7 Å². The van der Waals surface area contributed by atoms with E-state index in [4.69, 9.17) is 9.47 Å². The van der Waals surface area contributed by atoms with Crippen molar-refractivity contribution in [2.24, 2.45) is 22.7 Å². The number of carbonyl (C=O) groups excluding carboxylic acids is 5. The number of allylic oxidation sites excluding steroid dienone is 4. The van der Waals surface area contributed by atoms with E-state index in [1.165, 1.54) is 23.5 Å². The molecule has 2 aromatic rings. The molecule has 7 N–H and O–H groups in total. The van der Waals surface area contributed by atoms with Gasteiger partial charge in [-0.1, -0.05) is 46.6 Å². The Labute approximate surface area is 363 Å². The summed E-state index contributed by atoms with van der Waals surface area (Å²) in [5.41, 5.74) is -3.53. The summed E-state index contributed by atoms with van der Waals surface area (Å²) in [6.45, 7) is 1.84. The predicted octanol–water partition coefficient (Wildman–Crippen LogP) is 3.33. The Morgan fingerprint density at radius 2 is 1.87 bits per heavy atom. The number of ether oxygens (including phenoxy) is 2. The van der Waals surface area contributed by atoms with Crippen molar-refractivity contribution >= 4 is 68.2 Å². The molecule has 3 saturated carbocycles. The molecule has 5 aliphatic rings. The molecule has 2 heterocycles. The predicted molar refractivity (Wildman–Crippen MR) is 221 cm³/mol. The van der Waals surface area contributed by atoms with Crippen LogP contribution in [0.25, 0.3) is 0 Å². The van der Waals surface area contributed by atoms with E-state index in [-0.39, 0.29) is 36.1 Å². The van der Waals surface area contributed by atoms with E-state index in [2.05, 4.69) is 31.9 Å². The van der Waals surface area contributed by atoms with Crippen molar-refractivity contribution in [3.8, 4) is 0 Å². The first-order valence-corrected chi connectivity index (χ1v) is 22.2. The zero-order valence-corrected chi connectivity index (χ0v) is 36.0. The summed E-state index contributed by atoms with van der Waals surface area (Å²) in [6.07, 6.45) is 1.66. The van der Waals surface area contributed by atoms with Crippen molar-refractivity contribution in [1.29, 1.82) is 0 Å². The van der Waals surface area contributed by atoms with Gasteiger partial charge in [0.2, 0.25) is 17.7 Å². The third-order valence-electron chi connectivity index (χ3n) is 13.7. The second-order valence-electron chi connectivity index (χ2n) is 17.0. The molecule has 10 atom stereocenters. The Kier molecular flexibility index (Phi) is 12.6. The summed E-state index contributed by atoms with van der Waals surface area (Å²) in [5, 5.41) is 50.8. The van der Waals surface area contributed by atoms with Gasteiger partial charge in [-0.3, -0.25) is 28.8 Å². The maximum atomic E-state index is 17.8. The van der Waals surface area contributed by atoms with E-state index in [0.717, 1.165) is 10.4 Å². The number of benzene rings is 1. The fraction of sp³-hybridized carbons (Fsp3) is 0.535. The number of alkyl halides is 2. The number of anilines is 1. The van der Waals surface area contributed by atoms with E-state index >= 15 is 4.39 Å². The van der Waals surface area contributed by atoms with Crippen LogP contribution in [0.1, 0.15) is 80.2 Å². The number of hydrogen-bond donors (Lipinski definition) is 7. The molecule has 0 unspecified atom stereocenters. The molecule has 0 bridgehead atoms. The molecule has 3 amide bonds. The number of nitrogens with one attached hydrogen (secondary N) is 3. The minimum Gasteiger partial charge on any atom is -0.481 e. The Morgan fingerprint density at radius 3 is 2.57 bits per heavy atom. The van der Waals surface area contributed by atoms with Crippen LogP contribution in [0.5, 0.6) is 0 Å². The molecule has 7 rings (SSSR count). The highest BCUT2D eigenvalue weighted by atomic mass is 79.9. The Hall–Kier alpha value is -4.17. The van der Waals surface area contributed by atoms with Gasteiger partial charge >= 0.3 is 5.97 Å². The van der Waals surface area contributed by atoms with Crippen LogP contribution < -0.4 is 16.0 Å². The van der Waals surface area contributed by atoms with Crippen molar-refractivity contribution in [3.05, 3.63) is 75.0 Å². The second kappa shape index (κ2) is 17.2. The molecule has 1 saturated heterocycles. The van der Waals surface area contributed by atoms with Gasteiger partial charge in [-0.25, -0.2) is 4.39 Å². The normalized spacial score (nSPS) is 32.7. The minimum atomic E-state index is -2.12. The summed E-state index contributed by atoms with van der Waals surface area (Å²) >= 11 is 4.36. The number of aliphatic hydroxyl groups excluding tert-OH is 3. The van der Waals surface area contributed by atoms with Crippen LogP contribution in [0.4, 0.5) is 10.1 Å². The molecule has 4 fully saturated rings. The maximum absolute atomic E-state index is 17.8. The summed E-state index contributed by atoms with van der Waals surface area (Å²) in [4.78, 5) is 75.9. The minimum absolute atomic E-state index is 0.0376. The standard InChI is InChI=1S/C43H49BrFN3O12S/c1-40-10-9-26(51)14-25(40)5-6-28-29-15-34-43(33(53)20-50,41(29,2)16-32(52)42(28,40)45)60-39(59-34)24-13-27(61-21-24)11-22-3-4-23(19-49)31(12-22)48-38(58)30(7-8-37(56)57)47-36(55)18-46-35(54)17-44/h3-4,9-10,12-14,21,28-30,32,34,39,49-50,52H,5-8,11,15-20H2,1-2H3,(H,46,54)(H,47,55)(H,48,58)(H,56,57)/t28-,29-,30-,32-,34+,39+,40-,41-,42-,43+/m0/s1. The first-order valence-electron chi connectivity index (χ1n) is 20.2. The number of fused-ring (bicyclic) bond motifs is 7. The number of amides is 3. The summed E-state index contributed by atoms with van der Waals surface area (Å²) in [6, 6.07) is 5.64. The molecule has 1 aromatic carbocycles. The largest absolute Gasteiger partial charge is 0.481 e. The first-order chi connectivity index (χ1) is 28.9. The lowest BCUT2D eigenvalue weighted by Crippen LogP contribution is -2.69. The Morgan fingerprint density at radius 1 is 1.10 bits per heavy atom. The van der Waals surface area contributed by atoms with Crippen LogP contribution in [0.3, 0.4) is 0 Å². The number of carboxylic acids is 1. The van der Waals surface area contributed by atoms with Gasteiger partial charge in [0.15, 0.2) is 29.1 Å². The lowest BCUT2D eigenvalue weighted by molar-refractivity contribution is -0.231. The molecule has 1 aliphatic heterocycles. The van der Waals surface area contributed by atoms with Crippen molar-refractivity contribution in [3.63, 3.8) is 0 Å². The number of ketones is 2. The zero-order chi connectivity index (χ0) is 44.1. The average molecular weight is 931 g/mol. The number of thiophene rings is 1. The van der Waals surface area contributed by atoms with Gasteiger partial charge < -0.3 is 45.9 Å². The van der Waals surface area contributed by atoms with Gasteiger partial charge in [0.25, 0.3) is 0 Å². The molecular formula is C43H49BrFN3O12S. The summed E-state index contributed by atoms with van der Waals surface area (Å²) in [5.74, 6) is -5.01. The van der Waals surface area contributed by atoms with E-state index in [1.54, 1.807) is 31.2 Å². The molecule has 1 aromatic heterocycles. The monoisotopic (exact) mass is 929 g/mol. The lowest BCUT2D eigenvalue weighted by Gasteiger charge is -2.62. The second-order valence-corrected chi connectivity index (χ2v) is 18.6. The fourth-order valence-corrected chi connectivity index (χ4v) is 11.9. The highest BCUT2D eigenvalue weighted by Crippen LogP contribution is 2.72. The van der Waals surface area contributed by atoms with Gasteiger partial charge in [-0.15, -0.1) is 11.3 Å².